The van der Waals surface area contributed by atoms with Crippen molar-refractivity contribution in [1.82, 2.24) is 15.3 Å². The fourth-order valence-electron chi connectivity index (χ4n) is 1.19. The number of nitrogens with one attached hydrogen (secondary N) is 1. The lowest BCUT2D eigenvalue weighted by Crippen LogP contribution is -2.35. The van der Waals surface area contributed by atoms with E-state index >= 15 is 0 Å². The molecule has 0 aliphatic heterocycles. The number of amides is 1. The topological polar surface area (TPSA) is 81.9 Å². The van der Waals surface area contributed by atoms with Gasteiger partial charge in [-0.15, -0.1) is 0 Å². The summed E-state index contributed by atoms with van der Waals surface area (Å²) >= 11 is 0. The number of nitriles is 1. The van der Waals surface area contributed by atoms with Crippen LogP contribution in [0.1, 0.15) is 19.0 Å². The molecule has 0 atom stereocenters. The lowest BCUT2D eigenvalue weighted by molar-refractivity contribution is -0.119. The highest BCUT2D eigenvalue weighted by atomic mass is 16.2. The van der Waals surface area contributed by atoms with Gasteiger partial charge in [0.2, 0.25) is 5.91 Å². The van der Waals surface area contributed by atoms with Gasteiger partial charge >= 0.3 is 0 Å². The number of anilines is 1. The molecule has 1 rings (SSSR count). The van der Waals surface area contributed by atoms with E-state index in [0.29, 0.717) is 12.4 Å². The lowest BCUT2D eigenvalue weighted by atomic mass is 10.4. The smallest absolute Gasteiger partial charge is 0.239 e. The Hall–Kier alpha value is -2.16. The van der Waals surface area contributed by atoms with Crippen molar-refractivity contribution >= 4 is 11.7 Å². The molecule has 17 heavy (non-hydrogen) atoms. The Morgan fingerprint density at radius 1 is 1.53 bits per heavy atom. The summed E-state index contributed by atoms with van der Waals surface area (Å²) in [5.41, 5.74) is 0.262. The maximum atomic E-state index is 11.5. The van der Waals surface area contributed by atoms with Crippen LogP contribution in [-0.2, 0) is 4.79 Å². The highest BCUT2D eigenvalue weighted by molar-refractivity contribution is 5.80. The van der Waals surface area contributed by atoms with Crippen molar-refractivity contribution in [2.45, 2.75) is 13.3 Å². The van der Waals surface area contributed by atoms with Gasteiger partial charge in [0.15, 0.2) is 5.69 Å². The van der Waals surface area contributed by atoms with Crippen molar-refractivity contribution in [3.8, 4) is 6.07 Å². The van der Waals surface area contributed by atoms with Crippen molar-refractivity contribution in [1.29, 1.82) is 5.26 Å². The summed E-state index contributed by atoms with van der Waals surface area (Å²) in [4.78, 5) is 21.1. The minimum Gasteiger partial charge on any atom is -0.355 e. The summed E-state index contributed by atoms with van der Waals surface area (Å²) in [5.74, 6) is 0.510. The molecule has 6 heteroatoms. The Morgan fingerprint density at radius 2 is 2.29 bits per heavy atom. The number of nitrogens with zero attached hydrogens (tertiary/aromatic N) is 4. The van der Waals surface area contributed by atoms with Gasteiger partial charge < -0.3 is 10.2 Å². The molecule has 0 fully saturated rings. The van der Waals surface area contributed by atoms with Gasteiger partial charge in [-0.1, -0.05) is 6.92 Å². The zero-order chi connectivity index (χ0) is 12.7. The molecule has 1 aromatic rings. The van der Waals surface area contributed by atoms with Gasteiger partial charge in [0, 0.05) is 13.6 Å². The number of likely N-dealkylation sites (N-methyl/N-ethyl adjacent to an activating group) is 1. The molecule has 0 aliphatic rings. The van der Waals surface area contributed by atoms with Gasteiger partial charge in [-0.2, -0.15) is 5.26 Å². The standard InChI is InChI=1S/C11H15N5O/c1-3-4-13-11(17)8-16(2)10-7-14-9(5-12)6-15-10/h6-7H,3-4,8H2,1-2H3,(H,13,17). The maximum absolute atomic E-state index is 11.5. The molecule has 0 bridgehead atoms. The average molecular weight is 233 g/mol. The molecular formula is C11H15N5O. The predicted octanol–water partition coefficient (Wildman–Crippen LogP) is 0.311. The minimum atomic E-state index is -0.0551. The number of carbonyl (C=O) groups is 1. The third-order valence-corrected chi connectivity index (χ3v) is 2.10. The molecule has 0 saturated heterocycles. The number of carbonyl (C=O) groups excluding carboxylic acids is 1. The molecule has 0 unspecified atom stereocenters. The van der Waals surface area contributed by atoms with Crippen LogP contribution in [0.15, 0.2) is 12.4 Å². The monoisotopic (exact) mass is 233 g/mol. The summed E-state index contributed by atoms with van der Waals surface area (Å²) in [7, 11) is 1.75. The van der Waals surface area contributed by atoms with E-state index in [-0.39, 0.29) is 18.1 Å². The van der Waals surface area contributed by atoms with E-state index in [1.165, 1.54) is 12.4 Å². The minimum absolute atomic E-state index is 0.0551. The van der Waals surface area contributed by atoms with Gasteiger partial charge in [0.1, 0.15) is 11.9 Å². The van der Waals surface area contributed by atoms with E-state index < -0.39 is 0 Å². The van der Waals surface area contributed by atoms with Gasteiger partial charge in [-0.05, 0) is 6.42 Å². The Morgan fingerprint density at radius 3 is 2.82 bits per heavy atom. The normalized spacial score (nSPS) is 9.47. The molecule has 1 N–H and O–H groups in total. The number of hydrogen-bond acceptors (Lipinski definition) is 5. The molecule has 1 heterocycles. The largest absolute Gasteiger partial charge is 0.355 e. The quantitative estimate of drug-likeness (QED) is 0.791. The highest BCUT2D eigenvalue weighted by Gasteiger charge is 2.08. The third kappa shape index (κ3) is 4.07. The van der Waals surface area contributed by atoms with Crippen LogP contribution >= 0.6 is 0 Å². The SMILES string of the molecule is CCCNC(=O)CN(C)c1cnc(C#N)cn1. The van der Waals surface area contributed by atoms with Crippen LogP contribution < -0.4 is 10.2 Å². The van der Waals surface area contributed by atoms with E-state index in [9.17, 15) is 4.79 Å². The molecular weight excluding hydrogens is 218 g/mol. The fourth-order valence-corrected chi connectivity index (χ4v) is 1.19. The van der Waals surface area contributed by atoms with E-state index in [4.69, 9.17) is 5.26 Å². The second kappa shape index (κ2) is 6.43. The molecule has 0 aliphatic carbocycles. The zero-order valence-corrected chi connectivity index (χ0v) is 9.97. The first-order valence-corrected chi connectivity index (χ1v) is 5.37. The second-order valence-corrected chi connectivity index (χ2v) is 3.58. The second-order valence-electron chi connectivity index (χ2n) is 3.58. The molecule has 0 spiro atoms. The summed E-state index contributed by atoms with van der Waals surface area (Å²) in [6, 6.07) is 1.89. The van der Waals surface area contributed by atoms with E-state index in [1.807, 2.05) is 13.0 Å². The Kier molecular flexibility index (Phi) is 4.88. The summed E-state index contributed by atoms with van der Waals surface area (Å²) < 4.78 is 0. The third-order valence-electron chi connectivity index (χ3n) is 2.10. The van der Waals surface area contributed by atoms with Gasteiger partial charge in [-0.25, -0.2) is 9.97 Å². The molecule has 0 saturated carbocycles. The van der Waals surface area contributed by atoms with Crippen LogP contribution in [0.4, 0.5) is 5.82 Å². The van der Waals surface area contributed by atoms with Crippen molar-refractivity contribution in [3.05, 3.63) is 18.1 Å². The van der Waals surface area contributed by atoms with Crippen LogP contribution in [0.3, 0.4) is 0 Å². The first-order chi connectivity index (χ1) is 8.17. The highest BCUT2D eigenvalue weighted by Crippen LogP contribution is 2.05. The number of aromatic nitrogens is 2. The Bertz CT molecular complexity index is 409. The van der Waals surface area contributed by atoms with Crippen LogP contribution in [0, 0.1) is 11.3 Å². The van der Waals surface area contributed by atoms with Crippen molar-refractivity contribution in [2.24, 2.45) is 0 Å². The molecule has 0 radical (unpaired) electrons. The number of hydrogen-bond donors (Lipinski definition) is 1. The van der Waals surface area contributed by atoms with E-state index in [0.717, 1.165) is 6.42 Å². The molecule has 90 valence electrons. The van der Waals surface area contributed by atoms with Crippen LogP contribution in [-0.4, -0.2) is 36.0 Å². The maximum Gasteiger partial charge on any atom is 0.239 e. The summed E-state index contributed by atoms with van der Waals surface area (Å²) in [6.45, 7) is 2.89. The fraction of sp³-hybridized carbons (Fsp3) is 0.455. The van der Waals surface area contributed by atoms with Crippen molar-refractivity contribution < 1.29 is 4.79 Å². The Balaban J connectivity index is 2.54. The van der Waals surface area contributed by atoms with Crippen LogP contribution in [0.2, 0.25) is 0 Å². The lowest BCUT2D eigenvalue weighted by Gasteiger charge is -2.16. The molecule has 0 aromatic carbocycles. The van der Waals surface area contributed by atoms with Crippen molar-refractivity contribution in [2.75, 3.05) is 25.0 Å². The first kappa shape index (κ1) is 12.9. The van der Waals surface area contributed by atoms with Gasteiger partial charge in [0.05, 0.1) is 18.9 Å². The molecule has 6 nitrogen and oxygen atoms in total. The molecule has 1 aromatic heterocycles. The van der Waals surface area contributed by atoms with Crippen molar-refractivity contribution in [3.63, 3.8) is 0 Å². The number of rotatable bonds is 5. The predicted molar refractivity (Wildman–Crippen MR) is 63.3 cm³/mol. The van der Waals surface area contributed by atoms with Gasteiger partial charge in [0.25, 0.3) is 0 Å². The molecule has 1 amide bonds. The summed E-state index contributed by atoms with van der Waals surface area (Å²) in [5, 5.41) is 11.4. The van der Waals surface area contributed by atoms with Crippen LogP contribution in [0.25, 0.3) is 0 Å². The summed E-state index contributed by atoms with van der Waals surface area (Å²) in [6.07, 6.45) is 3.77. The van der Waals surface area contributed by atoms with Gasteiger partial charge in [-0.3, -0.25) is 4.79 Å². The zero-order valence-electron chi connectivity index (χ0n) is 9.97. The van der Waals surface area contributed by atoms with Crippen LogP contribution in [0.5, 0.6) is 0 Å². The Labute approximate surface area is 100 Å². The van der Waals surface area contributed by atoms with E-state index in [1.54, 1.807) is 11.9 Å². The average Bonchev–Trinajstić information content (AvgIpc) is 2.36. The first-order valence-electron chi connectivity index (χ1n) is 5.37. The van der Waals surface area contributed by atoms with E-state index in [2.05, 4.69) is 15.3 Å².